The van der Waals surface area contributed by atoms with Crippen LogP contribution in [0.25, 0.3) is 10.9 Å². The van der Waals surface area contributed by atoms with Crippen molar-refractivity contribution >= 4 is 26.6 Å². The van der Waals surface area contributed by atoms with Crippen molar-refractivity contribution in [3.8, 4) is 0 Å². The number of halogens is 1. The van der Waals surface area contributed by atoms with Gasteiger partial charge in [0.25, 0.3) is 10.0 Å². The predicted molar refractivity (Wildman–Crippen MR) is 101 cm³/mol. The van der Waals surface area contributed by atoms with E-state index in [4.69, 9.17) is 0 Å². The zero-order valence-electron chi connectivity index (χ0n) is 14.4. The molecule has 1 fully saturated rings. The van der Waals surface area contributed by atoms with E-state index in [1.165, 1.54) is 16.1 Å². The maximum atomic E-state index is 13.7. The van der Waals surface area contributed by atoms with Gasteiger partial charge in [-0.2, -0.15) is 0 Å². The Hall–Kier alpha value is -2.38. The number of nitrogens with zero attached hydrogens (tertiary/aromatic N) is 2. The molecule has 0 saturated carbocycles. The molecule has 5 nitrogen and oxygen atoms in total. The third-order valence-electron chi connectivity index (χ3n) is 4.82. The Morgan fingerprint density at radius 2 is 1.85 bits per heavy atom. The van der Waals surface area contributed by atoms with Gasteiger partial charge in [-0.05, 0) is 42.8 Å². The first kappa shape index (κ1) is 17.1. The van der Waals surface area contributed by atoms with Crippen molar-refractivity contribution in [2.75, 3.05) is 31.1 Å². The summed E-state index contributed by atoms with van der Waals surface area (Å²) in [7, 11) is -3.88. The maximum Gasteiger partial charge on any atom is 0.268 e. The van der Waals surface area contributed by atoms with E-state index in [9.17, 15) is 12.8 Å². The molecule has 1 aliphatic heterocycles. The molecule has 0 aliphatic carbocycles. The highest BCUT2D eigenvalue weighted by Gasteiger charge is 2.23. The minimum Gasteiger partial charge on any atom is -0.368 e. The summed E-state index contributed by atoms with van der Waals surface area (Å²) in [6.07, 6.45) is 1.55. The van der Waals surface area contributed by atoms with Gasteiger partial charge in [0.2, 0.25) is 0 Å². The fourth-order valence-electron chi connectivity index (χ4n) is 3.48. The molecule has 1 aliphatic rings. The number of hydrogen-bond donors (Lipinski definition) is 1. The minimum absolute atomic E-state index is 0.0115. The van der Waals surface area contributed by atoms with Gasteiger partial charge < -0.3 is 10.2 Å². The highest BCUT2D eigenvalue weighted by molar-refractivity contribution is 7.90. The summed E-state index contributed by atoms with van der Waals surface area (Å²) in [4.78, 5) is 2.24. The van der Waals surface area contributed by atoms with E-state index in [1.54, 1.807) is 19.2 Å². The van der Waals surface area contributed by atoms with Gasteiger partial charge in [-0.1, -0.05) is 12.1 Å². The molecule has 0 spiro atoms. The Balaban J connectivity index is 1.86. The lowest BCUT2D eigenvalue weighted by Gasteiger charge is -2.30. The summed E-state index contributed by atoms with van der Waals surface area (Å²) in [6, 6.07) is 11.3. The van der Waals surface area contributed by atoms with E-state index in [-0.39, 0.29) is 4.90 Å². The molecule has 7 heteroatoms. The quantitative estimate of drug-likeness (QED) is 0.767. The molecule has 0 radical (unpaired) electrons. The highest BCUT2D eigenvalue weighted by atomic mass is 32.2. The lowest BCUT2D eigenvalue weighted by molar-refractivity contribution is 0.583. The van der Waals surface area contributed by atoms with E-state index in [0.717, 1.165) is 43.3 Å². The van der Waals surface area contributed by atoms with Crippen molar-refractivity contribution in [3.63, 3.8) is 0 Å². The van der Waals surface area contributed by atoms with E-state index < -0.39 is 15.8 Å². The topological polar surface area (TPSA) is 54.3 Å². The molecule has 4 rings (SSSR count). The molecule has 0 amide bonds. The predicted octanol–water partition coefficient (Wildman–Crippen LogP) is 2.74. The molecule has 26 heavy (non-hydrogen) atoms. The summed E-state index contributed by atoms with van der Waals surface area (Å²) < 4.78 is 41.2. The number of benzene rings is 2. The first-order chi connectivity index (χ1) is 12.5. The van der Waals surface area contributed by atoms with Crippen LogP contribution in [0.3, 0.4) is 0 Å². The third-order valence-corrected chi connectivity index (χ3v) is 6.65. The van der Waals surface area contributed by atoms with Gasteiger partial charge in [0.15, 0.2) is 0 Å². The molecule has 2 heterocycles. The molecular formula is C19H20FN3O2S. The second kappa shape index (κ2) is 6.41. The van der Waals surface area contributed by atoms with E-state index in [2.05, 4.69) is 10.2 Å². The summed E-state index contributed by atoms with van der Waals surface area (Å²) in [5.74, 6) is -0.563. The van der Waals surface area contributed by atoms with Gasteiger partial charge >= 0.3 is 0 Å². The van der Waals surface area contributed by atoms with Crippen LogP contribution in [0.4, 0.5) is 10.1 Å². The number of aryl methyl sites for hydroxylation is 1. The average Bonchev–Trinajstić information content (AvgIpc) is 3.09. The van der Waals surface area contributed by atoms with Crippen LogP contribution >= 0.6 is 0 Å². The van der Waals surface area contributed by atoms with Crippen LogP contribution in [0.5, 0.6) is 0 Å². The van der Waals surface area contributed by atoms with E-state index in [1.807, 2.05) is 18.2 Å². The second-order valence-corrected chi connectivity index (χ2v) is 8.26. The summed E-state index contributed by atoms with van der Waals surface area (Å²) in [5.41, 5.74) is 2.14. The first-order valence-electron chi connectivity index (χ1n) is 8.56. The van der Waals surface area contributed by atoms with E-state index >= 15 is 0 Å². The molecule has 0 unspecified atom stereocenters. The maximum absolute atomic E-state index is 13.7. The first-order valence-corrected chi connectivity index (χ1v) is 10.00. The SMILES string of the molecule is Cc1ccc(F)cc1S(=O)(=O)n1ccc2c(N3CCNCC3)cccc21. The number of anilines is 1. The summed E-state index contributed by atoms with van der Waals surface area (Å²) in [5, 5.41) is 4.20. The Morgan fingerprint density at radius 1 is 1.08 bits per heavy atom. The summed E-state index contributed by atoms with van der Waals surface area (Å²) in [6.45, 7) is 5.22. The molecule has 1 aromatic heterocycles. The van der Waals surface area contributed by atoms with Crippen molar-refractivity contribution in [1.82, 2.24) is 9.29 Å². The fraction of sp³-hybridized carbons (Fsp3) is 0.263. The Bertz CT molecular complexity index is 1070. The zero-order chi connectivity index (χ0) is 18.3. The Morgan fingerprint density at radius 3 is 2.62 bits per heavy atom. The lowest BCUT2D eigenvalue weighted by Crippen LogP contribution is -2.43. The summed E-state index contributed by atoms with van der Waals surface area (Å²) >= 11 is 0. The fourth-order valence-corrected chi connectivity index (χ4v) is 5.06. The highest BCUT2D eigenvalue weighted by Crippen LogP contribution is 2.31. The molecule has 0 bridgehead atoms. The van der Waals surface area contributed by atoms with Crippen molar-refractivity contribution in [1.29, 1.82) is 0 Å². The van der Waals surface area contributed by atoms with Crippen LogP contribution in [0.2, 0.25) is 0 Å². The van der Waals surface area contributed by atoms with Crippen LogP contribution in [0.1, 0.15) is 5.56 Å². The number of fused-ring (bicyclic) bond motifs is 1. The molecule has 1 N–H and O–H groups in total. The largest absolute Gasteiger partial charge is 0.368 e. The number of aromatic nitrogens is 1. The molecule has 2 aromatic carbocycles. The Kier molecular flexibility index (Phi) is 4.20. The van der Waals surface area contributed by atoms with Gasteiger partial charge in [0.05, 0.1) is 10.4 Å². The van der Waals surface area contributed by atoms with Gasteiger partial charge in [0.1, 0.15) is 5.82 Å². The van der Waals surface area contributed by atoms with Crippen LogP contribution in [-0.4, -0.2) is 38.6 Å². The smallest absolute Gasteiger partial charge is 0.268 e. The van der Waals surface area contributed by atoms with Gasteiger partial charge in [-0.3, -0.25) is 0 Å². The van der Waals surface area contributed by atoms with Crippen LogP contribution in [-0.2, 0) is 10.0 Å². The number of nitrogens with one attached hydrogen (secondary N) is 1. The lowest BCUT2D eigenvalue weighted by atomic mass is 10.2. The monoisotopic (exact) mass is 373 g/mol. The minimum atomic E-state index is -3.88. The normalized spacial score (nSPS) is 15.5. The van der Waals surface area contributed by atoms with Gasteiger partial charge in [-0.15, -0.1) is 0 Å². The second-order valence-electron chi connectivity index (χ2n) is 6.47. The molecular weight excluding hydrogens is 353 g/mol. The van der Waals surface area contributed by atoms with Crippen LogP contribution in [0, 0.1) is 12.7 Å². The van der Waals surface area contributed by atoms with Crippen LogP contribution in [0.15, 0.2) is 53.6 Å². The molecule has 1 saturated heterocycles. The van der Waals surface area contributed by atoms with Crippen molar-refractivity contribution < 1.29 is 12.8 Å². The van der Waals surface area contributed by atoms with Crippen LogP contribution < -0.4 is 10.2 Å². The number of hydrogen-bond acceptors (Lipinski definition) is 4. The zero-order valence-corrected chi connectivity index (χ0v) is 15.3. The van der Waals surface area contributed by atoms with Crippen molar-refractivity contribution in [2.24, 2.45) is 0 Å². The molecule has 136 valence electrons. The average molecular weight is 373 g/mol. The molecule has 0 atom stereocenters. The van der Waals surface area contributed by atoms with E-state index in [0.29, 0.717) is 11.1 Å². The Labute approximate surface area is 152 Å². The van der Waals surface area contributed by atoms with Gasteiger partial charge in [-0.25, -0.2) is 16.8 Å². The third kappa shape index (κ3) is 2.77. The standard InChI is InChI=1S/C19H20FN3O2S/c1-14-5-6-15(20)13-19(14)26(24,25)23-10-7-16-17(3-2-4-18(16)23)22-11-8-21-9-12-22/h2-7,10,13,21H,8-9,11-12H2,1H3. The van der Waals surface area contributed by atoms with Crippen molar-refractivity contribution in [2.45, 2.75) is 11.8 Å². The van der Waals surface area contributed by atoms with Crippen molar-refractivity contribution in [3.05, 3.63) is 60.0 Å². The number of piperazine rings is 1. The van der Waals surface area contributed by atoms with Gasteiger partial charge in [0, 0.05) is 43.4 Å². The number of rotatable bonds is 3. The molecule has 3 aromatic rings.